The number of aromatic nitrogens is 1. The van der Waals surface area contributed by atoms with Crippen LogP contribution in [0.15, 0.2) is 27.4 Å². The molecule has 2 aromatic rings. The summed E-state index contributed by atoms with van der Waals surface area (Å²) in [5.41, 5.74) is 2.86. The van der Waals surface area contributed by atoms with E-state index in [0.29, 0.717) is 11.5 Å². The molecule has 1 aliphatic heterocycles. The summed E-state index contributed by atoms with van der Waals surface area (Å²) in [7, 11) is 0. The molecule has 0 spiro atoms. The Bertz CT molecular complexity index is 618. The van der Waals surface area contributed by atoms with Crippen molar-refractivity contribution in [3.63, 3.8) is 0 Å². The molecule has 0 amide bonds. The van der Waals surface area contributed by atoms with Crippen LogP contribution in [0.4, 0.5) is 0 Å². The number of oxazole rings is 1. The second-order valence-electron chi connectivity index (χ2n) is 5.27. The third kappa shape index (κ3) is 1.77. The van der Waals surface area contributed by atoms with E-state index < -0.39 is 0 Å². The number of fused-ring (bicyclic) bond motifs is 1. The average molecular weight is 246 g/mol. The van der Waals surface area contributed by atoms with Crippen molar-refractivity contribution in [3.8, 4) is 0 Å². The van der Waals surface area contributed by atoms with Crippen LogP contribution >= 0.6 is 0 Å². The molecule has 0 bridgehead atoms. The van der Waals surface area contributed by atoms with Crippen LogP contribution in [0, 0.1) is 0 Å². The average Bonchev–Trinajstić information content (AvgIpc) is 2.93. The smallest absolute Gasteiger partial charge is 0.408 e. The van der Waals surface area contributed by atoms with E-state index in [0.717, 1.165) is 25.0 Å². The quantitative estimate of drug-likeness (QED) is 0.884. The lowest BCUT2D eigenvalue weighted by Gasteiger charge is -2.10. The first kappa shape index (κ1) is 11.5. The van der Waals surface area contributed by atoms with E-state index in [2.05, 4.69) is 25.2 Å². The Morgan fingerprint density at radius 2 is 2.28 bits per heavy atom. The zero-order valence-corrected chi connectivity index (χ0v) is 10.8. The van der Waals surface area contributed by atoms with Crippen LogP contribution in [0.25, 0.3) is 11.1 Å². The van der Waals surface area contributed by atoms with Gasteiger partial charge < -0.3 is 9.73 Å². The van der Waals surface area contributed by atoms with Gasteiger partial charge in [0.05, 0.1) is 11.6 Å². The van der Waals surface area contributed by atoms with Crippen molar-refractivity contribution in [2.24, 2.45) is 0 Å². The van der Waals surface area contributed by atoms with Crippen LogP contribution in [0.2, 0.25) is 0 Å². The first-order chi connectivity index (χ1) is 8.66. The van der Waals surface area contributed by atoms with Crippen LogP contribution in [0.1, 0.15) is 37.8 Å². The van der Waals surface area contributed by atoms with E-state index in [1.54, 1.807) is 4.57 Å². The molecule has 1 saturated heterocycles. The van der Waals surface area contributed by atoms with Crippen LogP contribution in [-0.2, 0) is 0 Å². The van der Waals surface area contributed by atoms with Crippen molar-refractivity contribution in [3.05, 3.63) is 34.3 Å². The van der Waals surface area contributed by atoms with E-state index in [9.17, 15) is 4.79 Å². The lowest BCUT2D eigenvalue weighted by atomic mass is 10.0. The van der Waals surface area contributed by atoms with Gasteiger partial charge >= 0.3 is 5.76 Å². The van der Waals surface area contributed by atoms with Gasteiger partial charge in [-0.1, -0.05) is 19.9 Å². The summed E-state index contributed by atoms with van der Waals surface area (Å²) in [6.45, 7) is 6.12. The van der Waals surface area contributed by atoms with Gasteiger partial charge in [-0.05, 0) is 36.6 Å². The molecule has 1 fully saturated rings. The summed E-state index contributed by atoms with van der Waals surface area (Å²) < 4.78 is 7.13. The van der Waals surface area contributed by atoms with Gasteiger partial charge in [-0.15, -0.1) is 0 Å². The van der Waals surface area contributed by atoms with E-state index in [1.807, 2.05) is 12.1 Å². The second kappa shape index (κ2) is 4.28. The number of nitrogens with zero attached hydrogens (tertiary/aromatic N) is 1. The Morgan fingerprint density at radius 3 is 2.94 bits per heavy atom. The second-order valence-corrected chi connectivity index (χ2v) is 5.27. The largest absolute Gasteiger partial charge is 0.420 e. The molecule has 4 nitrogen and oxygen atoms in total. The maximum atomic E-state index is 12.0. The van der Waals surface area contributed by atoms with Gasteiger partial charge in [0.15, 0.2) is 5.58 Å². The highest BCUT2D eigenvalue weighted by atomic mass is 16.4. The molecule has 1 aromatic heterocycles. The first-order valence-electron chi connectivity index (χ1n) is 6.52. The Morgan fingerprint density at radius 1 is 1.44 bits per heavy atom. The van der Waals surface area contributed by atoms with Crippen molar-refractivity contribution in [1.82, 2.24) is 9.88 Å². The van der Waals surface area contributed by atoms with E-state index in [4.69, 9.17) is 4.42 Å². The minimum absolute atomic E-state index is 0.223. The Hall–Kier alpha value is -1.55. The molecule has 1 atom stereocenters. The molecule has 1 aromatic carbocycles. The number of benzene rings is 1. The highest BCUT2D eigenvalue weighted by Gasteiger charge is 2.22. The first-order valence-corrected chi connectivity index (χ1v) is 6.52. The van der Waals surface area contributed by atoms with E-state index in [1.165, 1.54) is 5.56 Å². The standard InChI is InChI=1S/C14H18N2O2/c1-9(2)10-3-4-13-12(7-10)16(14(17)18-13)11-5-6-15-8-11/h3-4,7,9,11,15H,5-6,8H2,1-2H3. The molecule has 0 saturated carbocycles. The predicted molar refractivity (Wildman–Crippen MR) is 71.1 cm³/mol. The van der Waals surface area contributed by atoms with E-state index in [-0.39, 0.29) is 11.8 Å². The summed E-state index contributed by atoms with van der Waals surface area (Å²) in [6.07, 6.45) is 0.987. The van der Waals surface area contributed by atoms with Gasteiger partial charge in [0.2, 0.25) is 0 Å². The summed E-state index contributed by atoms with van der Waals surface area (Å²) in [6, 6.07) is 6.25. The van der Waals surface area contributed by atoms with Crippen molar-refractivity contribution in [2.75, 3.05) is 13.1 Å². The van der Waals surface area contributed by atoms with Gasteiger partial charge in [0.1, 0.15) is 0 Å². The normalized spacial score (nSPS) is 20.1. The van der Waals surface area contributed by atoms with Gasteiger partial charge in [0.25, 0.3) is 0 Å². The van der Waals surface area contributed by atoms with Gasteiger partial charge in [-0.3, -0.25) is 4.57 Å². The van der Waals surface area contributed by atoms with Crippen LogP contribution in [-0.4, -0.2) is 17.7 Å². The maximum Gasteiger partial charge on any atom is 0.420 e. The number of nitrogens with one attached hydrogen (secondary N) is 1. The molecule has 2 heterocycles. The molecule has 96 valence electrons. The number of hydrogen-bond donors (Lipinski definition) is 1. The number of rotatable bonds is 2. The fourth-order valence-electron chi connectivity index (χ4n) is 2.62. The SMILES string of the molecule is CC(C)c1ccc2oc(=O)n(C3CCNC3)c2c1. The summed E-state index contributed by atoms with van der Waals surface area (Å²) in [5, 5.41) is 3.29. The fraction of sp³-hybridized carbons (Fsp3) is 0.500. The molecular formula is C14H18N2O2. The third-order valence-corrected chi connectivity index (χ3v) is 3.70. The van der Waals surface area contributed by atoms with Gasteiger partial charge in [-0.25, -0.2) is 4.79 Å². The molecule has 18 heavy (non-hydrogen) atoms. The maximum absolute atomic E-state index is 12.0. The molecule has 1 unspecified atom stereocenters. The molecule has 4 heteroatoms. The van der Waals surface area contributed by atoms with Crippen molar-refractivity contribution < 1.29 is 4.42 Å². The minimum atomic E-state index is -0.236. The Balaban J connectivity index is 2.19. The Labute approximate surface area is 106 Å². The van der Waals surface area contributed by atoms with E-state index >= 15 is 0 Å². The van der Waals surface area contributed by atoms with Crippen LogP contribution in [0.3, 0.4) is 0 Å². The van der Waals surface area contributed by atoms with Crippen molar-refractivity contribution >= 4 is 11.1 Å². The summed E-state index contributed by atoms with van der Waals surface area (Å²) in [5.74, 6) is 0.217. The molecule has 3 rings (SSSR count). The number of hydrogen-bond acceptors (Lipinski definition) is 3. The zero-order valence-electron chi connectivity index (χ0n) is 10.8. The molecule has 0 radical (unpaired) electrons. The van der Waals surface area contributed by atoms with Crippen molar-refractivity contribution in [2.45, 2.75) is 32.2 Å². The minimum Gasteiger partial charge on any atom is -0.408 e. The molecular weight excluding hydrogens is 228 g/mol. The molecule has 1 aliphatic rings. The fourth-order valence-corrected chi connectivity index (χ4v) is 2.62. The topological polar surface area (TPSA) is 47.2 Å². The lowest BCUT2D eigenvalue weighted by Crippen LogP contribution is -2.22. The molecule has 0 aliphatic carbocycles. The zero-order chi connectivity index (χ0) is 12.7. The predicted octanol–water partition coefficient (Wildman–Crippen LogP) is 2.25. The van der Waals surface area contributed by atoms with Crippen molar-refractivity contribution in [1.29, 1.82) is 0 Å². The third-order valence-electron chi connectivity index (χ3n) is 3.70. The van der Waals surface area contributed by atoms with Gasteiger partial charge in [0, 0.05) is 6.54 Å². The lowest BCUT2D eigenvalue weighted by molar-refractivity contribution is 0.459. The van der Waals surface area contributed by atoms with Gasteiger partial charge in [-0.2, -0.15) is 0 Å². The summed E-state index contributed by atoms with van der Waals surface area (Å²) >= 11 is 0. The highest BCUT2D eigenvalue weighted by Crippen LogP contribution is 2.24. The van der Waals surface area contributed by atoms with Crippen LogP contribution in [0.5, 0.6) is 0 Å². The Kier molecular flexibility index (Phi) is 2.74. The highest BCUT2D eigenvalue weighted by molar-refractivity contribution is 5.74. The monoisotopic (exact) mass is 246 g/mol. The van der Waals surface area contributed by atoms with Crippen LogP contribution < -0.4 is 11.1 Å². The summed E-state index contributed by atoms with van der Waals surface area (Å²) in [4.78, 5) is 12.0. The molecule has 1 N–H and O–H groups in total.